The van der Waals surface area contributed by atoms with Crippen molar-refractivity contribution < 1.29 is 19.1 Å². The standard InChI is InChI=1S/C22H26N2O4/c1-13-9-10-18(11-16(13)4)22(27)28-17(5)21(26)23-12-19(25)24-20-14(2)7-6-8-15(20)3/h6-11,17H,12H2,1-5H3,(H,23,26)(H,24,25). The zero-order valence-corrected chi connectivity index (χ0v) is 16.9. The lowest BCUT2D eigenvalue weighted by atomic mass is 10.1. The lowest BCUT2D eigenvalue weighted by Crippen LogP contribution is -2.40. The summed E-state index contributed by atoms with van der Waals surface area (Å²) < 4.78 is 5.20. The van der Waals surface area contributed by atoms with E-state index in [1.54, 1.807) is 12.1 Å². The van der Waals surface area contributed by atoms with Crippen LogP contribution in [-0.4, -0.2) is 30.4 Å². The molecule has 0 aliphatic carbocycles. The Hall–Kier alpha value is -3.15. The van der Waals surface area contributed by atoms with E-state index in [0.29, 0.717) is 5.56 Å². The van der Waals surface area contributed by atoms with Gasteiger partial charge in [-0.1, -0.05) is 24.3 Å². The van der Waals surface area contributed by atoms with Gasteiger partial charge in [0, 0.05) is 5.69 Å². The van der Waals surface area contributed by atoms with Crippen molar-refractivity contribution in [3.8, 4) is 0 Å². The van der Waals surface area contributed by atoms with Crippen molar-refractivity contribution in [3.05, 3.63) is 64.2 Å². The SMILES string of the molecule is Cc1ccc(C(=O)OC(C)C(=O)NCC(=O)Nc2c(C)cccc2C)cc1C. The third kappa shape index (κ3) is 5.42. The Kier molecular flexibility index (Phi) is 6.93. The molecule has 0 fully saturated rings. The second-order valence-corrected chi connectivity index (χ2v) is 6.88. The number of hydrogen-bond donors (Lipinski definition) is 2. The largest absolute Gasteiger partial charge is 0.449 e. The summed E-state index contributed by atoms with van der Waals surface area (Å²) >= 11 is 0. The van der Waals surface area contributed by atoms with Crippen LogP contribution in [0.4, 0.5) is 5.69 Å². The van der Waals surface area contributed by atoms with Crippen molar-refractivity contribution in [2.75, 3.05) is 11.9 Å². The number of esters is 1. The number of amides is 2. The van der Waals surface area contributed by atoms with Crippen molar-refractivity contribution in [1.29, 1.82) is 0 Å². The van der Waals surface area contributed by atoms with Crippen molar-refractivity contribution in [2.45, 2.75) is 40.7 Å². The summed E-state index contributed by atoms with van der Waals surface area (Å²) in [6.07, 6.45) is -1.01. The highest BCUT2D eigenvalue weighted by Crippen LogP contribution is 2.19. The maximum Gasteiger partial charge on any atom is 0.338 e. The molecule has 0 saturated carbocycles. The molecule has 148 valence electrons. The van der Waals surface area contributed by atoms with Crippen LogP contribution in [0.25, 0.3) is 0 Å². The fraction of sp³-hybridized carbons (Fsp3) is 0.318. The van der Waals surface area contributed by atoms with E-state index in [4.69, 9.17) is 4.74 Å². The van der Waals surface area contributed by atoms with Gasteiger partial charge in [-0.3, -0.25) is 9.59 Å². The number of rotatable bonds is 6. The molecule has 1 atom stereocenters. The molecule has 0 aliphatic heterocycles. The number of para-hydroxylation sites is 1. The van der Waals surface area contributed by atoms with Gasteiger partial charge in [0.1, 0.15) is 0 Å². The molecule has 0 saturated heterocycles. The van der Waals surface area contributed by atoms with E-state index in [2.05, 4.69) is 10.6 Å². The summed E-state index contributed by atoms with van der Waals surface area (Å²) in [6, 6.07) is 10.9. The highest BCUT2D eigenvalue weighted by molar-refractivity contribution is 5.97. The number of anilines is 1. The van der Waals surface area contributed by atoms with E-state index in [1.807, 2.05) is 52.0 Å². The lowest BCUT2D eigenvalue weighted by molar-refractivity contribution is -0.130. The van der Waals surface area contributed by atoms with Gasteiger partial charge in [0.05, 0.1) is 12.1 Å². The molecule has 2 N–H and O–H groups in total. The van der Waals surface area contributed by atoms with Crippen molar-refractivity contribution >= 4 is 23.5 Å². The molecule has 2 aromatic carbocycles. The Labute approximate surface area is 165 Å². The van der Waals surface area contributed by atoms with Crippen molar-refractivity contribution in [2.24, 2.45) is 0 Å². The Balaban J connectivity index is 1.87. The maximum atomic E-state index is 12.2. The molecular formula is C22H26N2O4. The first-order chi connectivity index (χ1) is 13.2. The van der Waals surface area contributed by atoms with Crippen LogP contribution in [0.3, 0.4) is 0 Å². The third-order valence-corrected chi connectivity index (χ3v) is 4.56. The van der Waals surface area contributed by atoms with Crippen LogP contribution >= 0.6 is 0 Å². The van der Waals surface area contributed by atoms with E-state index in [9.17, 15) is 14.4 Å². The minimum atomic E-state index is -1.01. The average Bonchev–Trinajstić information content (AvgIpc) is 2.64. The van der Waals surface area contributed by atoms with Gasteiger partial charge in [-0.2, -0.15) is 0 Å². The molecule has 0 radical (unpaired) electrons. The molecule has 1 unspecified atom stereocenters. The van der Waals surface area contributed by atoms with Gasteiger partial charge in [-0.15, -0.1) is 0 Å². The molecule has 2 aromatic rings. The van der Waals surface area contributed by atoms with Gasteiger partial charge in [0.2, 0.25) is 5.91 Å². The maximum absolute atomic E-state index is 12.2. The van der Waals surface area contributed by atoms with E-state index in [1.165, 1.54) is 6.92 Å². The number of hydrogen-bond acceptors (Lipinski definition) is 4. The Morgan fingerprint density at radius 3 is 2.18 bits per heavy atom. The third-order valence-electron chi connectivity index (χ3n) is 4.56. The van der Waals surface area contributed by atoms with Gasteiger partial charge in [0.25, 0.3) is 5.91 Å². The Bertz CT molecular complexity index is 885. The zero-order chi connectivity index (χ0) is 20.8. The average molecular weight is 382 g/mol. The van der Waals surface area contributed by atoms with Crippen molar-refractivity contribution in [1.82, 2.24) is 5.32 Å². The molecule has 28 heavy (non-hydrogen) atoms. The van der Waals surface area contributed by atoms with E-state index >= 15 is 0 Å². The Morgan fingerprint density at radius 1 is 0.929 bits per heavy atom. The van der Waals surface area contributed by atoms with Crippen LogP contribution in [0.5, 0.6) is 0 Å². The summed E-state index contributed by atoms with van der Waals surface area (Å²) in [5.41, 5.74) is 5.03. The zero-order valence-electron chi connectivity index (χ0n) is 16.9. The Morgan fingerprint density at radius 2 is 1.57 bits per heavy atom. The molecule has 0 heterocycles. The molecular weight excluding hydrogens is 356 g/mol. The summed E-state index contributed by atoms with van der Waals surface area (Å²) in [4.78, 5) is 36.5. The molecule has 0 aromatic heterocycles. The van der Waals surface area contributed by atoms with Gasteiger partial charge < -0.3 is 15.4 Å². The fourth-order valence-electron chi connectivity index (χ4n) is 2.66. The summed E-state index contributed by atoms with van der Waals surface area (Å²) in [5.74, 6) is -1.46. The molecule has 0 aliphatic rings. The second kappa shape index (κ2) is 9.17. The predicted molar refractivity (Wildman–Crippen MR) is 108 cm³/mol. The van der Waals surface area contributed by atoms with E-state index in [0.717, 1.165) is 27.9 Å². The first-order valence-electron chi connectivity index (χ1n) is 9.11. The lowest BCUT2D eigenvalue weighted by Gasteiger charge is -2.15. The van der Waals surface area contributed by atoms with Gasteiger partial charge >= 0.3 is 5.97 Å². The number of aryl methyl sites for hydroxylation is 4. The van der Waals surface area contributed by atoms with E-state index < -0.39 is 18.0 Å². The normalized spacial score (nSPS) is 11.5. The highest BCUT2D eigenvalue weighted by Gasteiger charge is 2.20. The molecule has 6 nitrogen and oxygen atoms in total. The second-order valence-electron chi connectivity index (χ2n) is 6.88. The predicted octanol–water partition coefficient (Wildman–Crippen LogP) is 3.22. The first kappa shape index (κ1) is 21.2. The quantitative estimate of drug-likeness (QED) is 0.752. The molecule has 2 amide bonds. The van der Waals surface area contributed by atoms with Crippen molar-refractivity contribution in [3.63, 3.8) is 0 Å². The van der Waals surface area contributed by atoms with Crippen LogP contribution < -0.4 is 10.6 Å². The number of ether oxygens (including phenoxy) is 1. The molecule has 0 bridgehead atoms. The number of nitrogens with one attached hydrogen (secondary N) is 2. The monoisotopic (exact) mass is 382 g/mol. The van der Waals surface area contributed by atoms with Crippen LogP contribution in [0.1, 0.15) is 39.5 Å². The fourth-order valence-corrected chi connectivity index (χ4v) is 2.66. The first-order valence-corrected chi connectivity index (χ1v) is 9.11. The summed E-state index contributed by atoms with van der Waals surface area (Å²) in [5, 5.41) is 5.28. The molecule has 0 spiro atoms. The highest BCUT2D eigenvalue weighted by atomic mass is 16.5. The van der Waals surface area contributed by atoms with Gasteiger partial charge in [-0.05, 0) is 69.0 Å². The number of carbonyl (C=O) groups is 3. The number of carbonyl (C=O) groups excluding carboxylic acids is 3. The minimum Gasteiger partial charge on any atom is -0.449 e. The minimum absolute atomic E-state index is 0.210. The smallest absolute Gasteiger partial charge is 0.338 e. The van der Waals surface area contributed by atoms with Gasteiger partial charge in [-0.25, -0.2) is 4.79 Å². The molecule has 6 heteroatoms. The molecule has 2 rings (SSSR count). The topological polar surface area (TPSA) is 84.5 Å². The number of benzene rings is 2. The van der Waals surface area contributed by atoms with Crippen LogP contribution in [0, 0.1) is 27.7 Å². The van der Waals surface area contributed by atoms with E-state index in [-0.39, 0.29) is 12.5 Å². The van der Waals surface area contributed by atoms with Crippen LogP contribution in [0.2, 0.25) is 0 Å². The van der Waals surface area contributed by atoms with Gasteiger partial charge in [0.15, 0.2) is 6.10 Å². The summed E-state index contributed by atoms with van der Waals surface area (Å²) in [6.45, 7) is 8.90. The van der Waals surface area contributed by atoms with Crippen LogP contribution in [0.15, 0.2) is 36.4 Å². The van der Waals surface area contributed by atoms with Crippen LogP contribution in [-0.2, 0) is 14.3 Å². The summed E-state index contributed by atoms with van der Waals surface area (Å²) in [7, 11) is 0.